The molecule has 0 unspecified atom stereocenters. The summed E-state index contributed by atoms with van der Waals surface area (Å²) >= 11 is 4.89. The molecule has 0 aliphatic heterocycles. The summed E-state index contributed by atoms with van der Waals surface area (Å²) in [6.07, 6.45) is 4.60. The molecule has 7 heteroatoms. The number of ether oxygens (including phenoxy) is 1. The molecule has 160 valence electrons. The molecule has 0 bridgehead atoms. The number of fused-ring (bicyclic) bond motifs is 1. The van der Waals surface area contributed by atoms with E-state index in [2.05, 4.69) is 21.2 Å². The second-order valence-electron chi connectivity index (χ2n) is 7.46. The second-order valence-corrected chi connectivity index (χ2v) is 9.48. The summed E-state index contributed by atoms with van der Waals surface area (Å²) in [5.41, 5.74) is 8.68. The molecule has 5 nitrogen and oxygen atoms in total. The summed E-state index contributed by atoms with van der Waals surface area (Å²) in [5.74, 6) is -0.320. The number of nitrogens with two attached hydrogens (primary N) is 1. The fraction of sp³-hybridized carbons (Fsp3) is 0.250. The van der Waals surface area contributed by atoms with Gasteiger partial charge in [-0.2, -0.15) is 0 Å². The van der Waals surface area contributed by atoms with Crippen LogP contribution in [0.3, 0.4) is 0 Å². The Labute approximate surface area is 193 Å². The number of anilines is 1. The molecule has 1 heterocycles. The third-order valence-corrected chi connectivity index (χ3v) is 7.02. The number of amides is 2. The van der Waals surface area contributed by atoms with E-state index < -0.39 is 5.91 Å². The number of thiophene rings is 1. The molecule has 0 saturated heterocycles. The zero-order valence-corrected chi connectivity index (χ0v) is 19.4. The summed E-state index contributed by atoms with van der Waals surface area (Å²) in [4.78, 5) is 26.4. The van der Waals surface area contributed by atoms with Crippen molar-refractivity contribution < 1.29 is 14.3 Å². The van der Waals surface area contributed by atoms with Gasteiger partial charge in [0.2, 0.25) is 0 Å². The number of rotatable bonds is 7. The van der Waals surface area contributed by atoms with E-state index >= 15 is 0 Å². The van der Waals surface area contributed by atoms with Gasteiger partial charge in [0.15, 0.2) is 0 Å². The van der Waals surface area contributed by atoms with Crippen LogP contribution in [-0.2, 0) is 19.3 Å². The van der Waals surface area contributed by atoms with Gasteiger partial charge in [0, 0.05) is 15.8 Å². The standard InChI is InChI=1S/C24H23BrN2O3S/c25-16-10-11-19(30-13-12-15-6-2-1-3-7-15)18(14-16)23(29)27-24-21(22(26)28)17-8-4-5-9-20(17)31-24/h1-3,6-7,10-11,14H,4-5,8-9,12-13H2,(H2,26,28)(H,27,29). The Hall–Kier alpha value is -2.64. The summed E-state index contributed by atoms with van der Waals surface area (Å²) in [6, 6.07) is 15.4. The molecule has 0 atom stereocenters. The Bertz CT molecular complexity index is 1110. The van der Waals surface area contributed by atoms with Gasteiger partial charge in [-0.25, -0.2) is 0 Å². The lowest BCUT2D eigenvalue weighted by atomic mass is 9.95. The van der Waals surface area contributed by atoms with Crippen LogP contribution >= 0.6 is 27.3 Å². The molecular weight excluding hydrogens is 476 g/mol. The number of carbonyl (C=O) groups is 2. The van der Waals surface area contributed by atoms with E-state index in [1.165, 1.54) is 16.9 Å². The van der Waals surface area contributed by atoms with Crippen LogP contribution in [0.25, 0.3) is 0 Å². The van der Waals surface area contributed by atoms with Crippen molar-refractivity contribution in [2.75, 3.05) is 11.9 Å². The van der Waals surface area contributed by atoms with Gasteiger partial charge in [-0.15, -0.1) is 11.3 Å². The highest BCUT2D eigenvalue weighted by Gasteiger charge is 2.26. The van der Waals surface area contributed by atoms with E-state index in [1.807, 2.05) is 36.4 Å². The third-order valence-electron chi connectivity index (χ3n) is 5.32. The topological polar surface area (TPSA) is 81.4 Å². The zero-order chi connectivity index (χ0) is 21.8. The van der Waals surface area contributed by atoms with Crippen LogP contribution in [0.15, 0.2) is 53.0 Å². The number of hydrogen-bond donors (Lipinski definition) is 2. The fourth-order valence-corrected chi connectivity index (χ4v) is 5.46. The van der Waals surface area contributed by atoms with E-state index in [-0.39, 0.29) is 5.91 Å². The smallest absolute Gasteiger partial charge is 0.260 e. The number of hydrogen-bond acceptors (Lipinski definition) is 4. The lowest BCUT2D eigenvalue weighted by Gasteiger charge is -2.13. The number of nitrogens with one attached hydrogen (secondary N) is 1. The number of primary amides is 1. The maximum atomic E-state index is 13.2. The Balaban J connectivity index is 1.54. The molecule has 0 fully saturated rings. The van der Waals surface area contributed by atoms with Crippen LogP contribution < -0.4 is 15.8 Å². The van der Waals surface area contributed by atoms with Crippen molar-refractivity contribution in [3.8, 4) is 5.75 Å². The highest BCUT2D eigenvalue weighted by Crippen LogP contribution is 2.38. The second kappa shape index (κ2) is 9.66. The molecule has 0 spiro atoms. The van der Waals surface area contributed by atoms with Gasteiger partial charge in [-0.05, 0) is 55.0 Å². The van der Waals surface area contributed by atoms with Crippen molar-refractivity contribution in [2.24, 2.45) is 5.73 Å². The number of halogens is 1. The van der Waals surface area contributed by atoms with E-state index in [0.29, 0.717) is 28.5 Å². The molecule has 0 radical (unpaired) electrons. The first-order chi connectivity index (χ1) is 15.0. The Morgan fingerprint density at radius 1 is 1.10 bits per heavy atom. The lowest BCUT2D eigenvalue weighted by molar-refractivity contribution is 0.100. The first-order valence-electron chi connectivity index (χ1n) is 10.2. The van der Waals surface area contributed by atoms with Crippen molar-refractivity contribution >= 4 is 44.1 Å². The summed E-state index contributed by atoms with van der Waals surface area (Å²) in [7, 11) is 0. The van der Waals surface area contributed by atoms with Crippen molar-refractivity contribution in [3.05, 3.63) is 80.1 Å². The molecule has 0 saturated carbocycles. The van der Waals surface area contributed by atoms with Gasteiger partial charge < -0.3 is 15.8 Å². The SMILES string of the molecule is NC(=O)c1c(NC(=O)c2cc(Br)ccc2OCCc2ccccc2)sc2c1CCCC2. The Kier molecular flexibility index (Phi) is 6.73. The predicted octanol–water partition coefficient (Wildman–Crippen LogP) is 5.36. The zero-order valence-electron chi connectivity index (χ0n) is 16.9. The normalized spacial score (nSPS) is 12.8. The van der Waals surface area contributed by atoms with E-state index in [0.717, 1.165) is 47.0 Å². The Morgan fingerprint density at radius 3 is 2.65 bits per heavy atom. The molecule has 3 N–H and O–H groups in total. The van der Waals surface area contributed by atoms with Gasteiger partial charge >= 0.3 is 0 Å². The highest BCUT2D eigenvalue weighted by atomic mass is 79.9. The van der Waals surface area contributed by atoms with Crippen LogP contribution in [0.4, 0.5) is 5.00 Å². The molecule has 3 aromatic rings. The van der Waals surface area contributed by atoms with Crippen molar-refractivity contribution in [2.45, 2.75) is 32.1 Å². The first kappa shape index (κ1) is 21.6. The van der Waals surface area contributed by atoms with E-state index in [9.17, 15) is 9.59 Å². The largest absolute Gasteiger partial charge is 0.492 e. The van der Waals surface area contributed by atoms with Crippen LogP contribution in [-0.4, -0.2) is 18.4 Å². The molecule has 1 aliphatic carbocycles. The summed E-state index contributed by atoms with van der Waals surface area (Å²) in [6.45, 7) is 0.450. The van der Waals surface area contributed by atoms with Crippen LogP contribution in [0, 0.1) is 0 Å². The third kappa shape index (κ3) is 4.99. The van der Waals surface area contributed by atoms with E-state index in [4.69, 9.17) is 10.5 Å². The minimum Gasteiger partial charge on any atom is -0.492 e. The summed E-state index contributed by atoms with van der Waals surface area (Å²) in [5, 5.41) is 3.45. The van der Waals surface area contributed by atoms with Gasteiger partial charge in [0.1, 0.15) is 10.8 Å². The molecule has 2 amide bonds. The first-order valence-corrected chi connectivity index (χ1v) is 11.9. The molecule has 4 rings (SSSR count). The monoisotopic (exact) mass is 498 g/mol. The highest BCUT2D eigenvalue weighted by molar-refractivity contribution is 9.10. The number of benzene rings is 2. The molecule has 1 aliphatic rings. The maximum Gasteiger partial charge on any atom is 0.260 e. The lowest BCUT2D eigenvalue weighted by Crippen LogP contribution is -2.19. The quantitative estimate of drug-likeness (QED) is 0.459. The van der Waals surface area contributed by atoms with Crippen molar-refractivity contribution in [1.29, 1.82) is 0 Å². The molecule has 1 aromatic heterocycles. The van der Waals surface area contributed by atoms with Gasteiger partial charge in [0.25, 0.3) is 11.8 Å². The minimum absolute atomic E-state index is 0.322. The van der Waals surface area contributed by atoms with Crippen molar-refractivity contribution in [3.63, 3.8) is 0 Å². The average molecular weight is 499 g/mol. The van der Waals surface area contributed by atoms with Crippen LogP contribution in [0.5, 0.6) is 5.75 Å². The maximum absolute atomic E-state index is 13.2. The van der Waals surface area contributed by atoms with Gasteiger partial charge in [-0.1, -0.05) is 46.3 Å². The van der Waals surface area contributed by atoms with Gasteiger partial charge in [0.05, 0.1) is 17.7 Å². The van der Waals surface area contributed by atoms with Gasteiger partial charge in [-0.3, -0.25) is 9.59 Å². The summed E-state index contributed by atoms with van der Waals surface area (Å²) < 4.78 is 6.72. The van der Waals surface area contributed by atoms with Crippen LogP contribution in [0.2, 0.25) is 0 Å². The molecular formula is C24H23BrN2O3S. The van der Waals surface area contributed by atoms with E-state index in [1.54, 1.807) is 12.1 Å². The number of carbonyl (C=O) groups excluding carboxylic acids is 2. The number of aryl methyl sites for hydroxylation is 1. The fourth-order valence-electron chi connectivity index (χ4n) is 3.81. The molecule has 2 aromatic carbocycles. The minimum atomic E-state index is -0.497. The Morgan fingerprint density at radius 2 is 1.87 bits per heavy atom. The predicted molar refractivity (Wildman–Crippen MR) is 127 cm³/mol. The van der Waals surface area contributed by atoms with Crippen LogP contribution in [0.1, 0.15) is 49.6 Å². The van der Waals surface area contributed by atoms with Crippen molar-refractivity contribution in [1.82, 2.24) is 0 Å². The molecule has 31 heavy (non-hydrogen) atoms. The average Bonchev–Trinajstić information content (AvgIpc) is 3.13.